The predicted molar refractivity (Wildman–Crippen MR) is 117 cm³/mol. The molecular formula is C25H16N2O4. The van der Waals surface area contributed by atoms with E-state index in [0.29, 0.717) is 22.8 Å². The monoisotopic (exact) mass is 408 g/mol. The van der Waals surface area contributed by atoms with Gasteiger partial charge in [-0.1, -0.05) is 42.5 Å². The summed E-state index contributed by atoms with van der Waals surface area (Å²) in [6, 6.07) is 24.8. The third-order valence-electron chi connectivity index (χ3n) is 4.70. The number of carbonyl (C=O) groups is 2. The highest BCUT2D eigenvalue weighted by Crippen LogP contribution is 2.24. The Balaban J connectivity index is 1.53. The number of nitrogens with zero attached hydrogens (tertiary/aromatic N) is 1. The first-order valence-electron chi connectivity index (χ1n) is 9.39. The number of carboxylic acid groups (broad SMARTS) is 1. The summed E-state index contributed by atoms with van der Waals surface area (Å²) in [5, 5.41) is 23.2. The predicted octanol–water partition coefficient (Wildman–Crippen LogP) is 5.34. The summed E-state index contributed by atoms with van der Waals surface area (Å²) in [5.41, 5.74) is 1.34. The van der Waals surface area contributed by atoms with Gasteiger partial charge in [0.2, 0.25) is 0 Å². The number of carbonyl (C=O) groups excluding carboxylic acids is 1. The third kappa shape index (κ3) is 4.36. The van der Waals surface area contributed by atoms with Crippen molar-refractivity contribution >= 4 is 34.4 Å². The Labute approximate surface area is 177 Å². The molecule has 4 rings (SSSR count). The molecule has 1 amide bonds. The number of nitrogens with one attached hydrogen (secondary N) is 1. The molecule has 0 atom stereocenters. The fourth-order valence-electron chi connectivity index (χ4n) is 3.12. The number of furan rings is 1. The first kappa shape index (κ1) is 19.7. The van der Waals surface area contributed by atoms with Crippen molar-refractivity contribution in [2.24, 2.45) is 0 Å². The van der Waals surface area contributed by atoms with Crippen molar-refractivity contribution in [1.82, 2.24) is 0 Å². The van der Waals surface area contributed by atoms with Crippen molar-refractivity contribution in [3.63, 3.8) is 0 Å². The SMILES string of the molecule is N#C/C(=C/c1ccc(-c2ccc(C(=O)O)cc2)o1)C(=O)Nc1ccc2ccccc2c1. The topological polar surface area (TPSA) is 103 Å². The van der Waals surface area contributed by atoms with Gasteiger partial charge in [-0.15, -0.1) is 0 Å². The molecule has 31 heavy (non-hydrogen) atoms. The van der Waals surface area contributed by atoms with Crippen LogP contribution in [0, 0.1) is 11.3 Å². The summed E-state index contributed by atoms with van der Waals surface area (Å²) < 4.78 is 5.71. The molecule has 1 aromatic heterocycles. The van der Waals surface area contributed by atoms with Gasteiger partial charge in [0.25, 0.3) is 5.91 Å². The minimum absolute atomic E-state index is 0.102. The molecule has 6 heteroatoms. The molecule has 0 spiro atoms. The summed E-state index contributed by atoms with van der Waals surface area (Å²) in [6.07, 6.45) is 1.37. The molecule has 3 aromatic carbocycles. The number of amides is 1. The zero-order chi connectivity index (χ0) is 21.8. The van der Waals surface area contributed by atoms with Gasteiger partial charge in [-0.25, -0.2) is 4.79 Å². The fourth-order valence-corrected chi connectivity index (χ4v) is 3.12. The van der Waals surface area contributed by atoms with Crippen molar-refractivity contribution < 1.29 is 19.1 Å². The smallest absolute Gasteiger partial charge is 0.335 e. The van der Waals surface area contributed by atoms with Crippen LogP contribution < -0.4 is 5.32 Å². The fraction of sp³-hybridized carbons (Fsp3) is 0. The Morgan fingerprint density at radius 1 is 0.935 bits per heavy atom. The average molecular weight is 408 g/mol. The van der Waals surface area contributed by atoms with Gasteiger partial charge >= 0.3 is 5.97 Å². The van der Waals surface area contributed by atoms with Crippen LogP contribution in [0.1, 0.15) is 16.1 Å². The van der Waals surface area contributed by atoms with E-state index in [-0.39, 0.29) is 11.1 Å². The maximum absolute atomic E-state index is 12.6. The highest BCUT2D eigenvalue weighted by Gasteiger charge is 2.12. The number of fused-ring (bicyclic) bond motifs is 1. The standard InChI is InChI=1S/C25H16N2O4/c26-15-20(24(28)27-21-10-9-16-3-1-2-4-19(16)13-21)14-22-11-12-23(31-22)17-5-7-18(8-6-17)25(29)30/h1-14H,(H,27,28)(H,29,30)/b20-14-. The van der Waals surface area contributed by atoms with Crippen LogP contribution in [0.5, 0.6) is 0 Å². The van der Waals surface area contributed by atoms with E-state index < -0.39 is 11.9 Å². The Morgan fingerprint density at radius 2 is 1.68 bits per heavy atom. The molecule has 0 bridgehead atoms. The minimum Gasteiger partial charge on any atom is -0.478 e. The van der Waals surface area contributed by atoms with Crippen LogP contribution in [0.15, 0.2) is 88.9 Å². The lowest BCUT2D eigenvalue weighted by Gasteiger charge is -2.05. The van der Waals surface area contributed by atoms with Crippen LogP contribution in [-0.4, -0.2) is 17.0 Å². The number of hydrogen-bond acceptors (Lipinski definition) is 4. The zero-order valence-corrected chi connectivity index (χ0v) is 16.2. The number of carboxylic acids is 1. The number of hydrogen-bond donors (Lipinski definition) is 2. The van der Waals surface area contributed by atoms with Crippen LogP contribution in [0.3, 0.4) is 0 Å². The molecule has 0 unspecified atom stereocenters. The van der Waals surface area contributed by atoms with Gasteiger partial charge in [0.1, 0.15) is 23.2 Å². The van der Waals surface area contributed by atoms with Gasteiger partial charge < -0.3 is 14.8 Å². The third-order valence-corrected chi connectivity index (χ3v) is 4.70. The Kier molecular flexibility index (Phi) is 5.33. The van der Waals surface area contributed by atoms with Crippen LogP contribution >= 0.6 is 0 Å². The van der Waals surface area contributed by atoms with E-state index >= 15 is 0 Å². The number of benzene rings is 3. The first-order valence-corrected chi connectivity index (χ1v) is 9.39. The van der Waals surface area contributed by atoms with Gasteiger partial charge in [-0.3, -0.25) is 4.79 Å². The molecule has 0 saturated heterocycles. The molecule has 0 aliphatic rings. The number of anilines is 1. The van der Waals surface area contributed by atoms with E-state index in [1.165, 1.54) is 18.2 Å². The van der Waals surface area contributed by atoms with Gasteiger partial charge in [0, 0.05) is 17.3 Å². The van der Waals surface area contributed by atoms with E-state index in [1.807, 2.05) is 42.5 Å². The summed E-state index contributed by atoms with van der Waals surface area (Å²) >= 11 is 0. The second kappa shape index (κ2) is 8.39. The Bertz CT molecular complexity index is 1360. The zero-order valence-electron chi connectivity index (χ0n) is 16.2. The summed E-state index contributed by atoms with van der Waals surface area (Å²) in [6.45, 7) is 0. The number of aromatic carboxylic acids is 1. The maximum atomic E-state index is 12.6. The normalized spacial score (nSPS) is 11.1. The highest BCUT2D eigenvalue weighted by atomic mass is 16.4. The lowest BCUT2D eigenvalue weighted by atomic mass is 10.1. The van der Waals surface area contributed by atoms with E-state index in [0.717, 1.165) is 10.8 Å². The van der Waals surface area contributed by atoms with E-state index in [1.54, 1.807) is 30.3 Å². The van der Waals surface area contributed by atoms with Crippen LogP contribution in [0.25, 0.3) is 28.2 Å². The van der Waals surface area contributed by atoms with Gasteiger partial charge in [-0.2, -0.15) is 5.26 Å². The van der Waals surface area contributed by atoms with E-state index in [9.17, 15) is 14.9 Å². The molecule has 0 radical (unpaired) electrons. The molecule has 6 nitrogen and oxygen atoms in total. The second-order valence-electron chi connectivity index (χ2n) is 6.77. The Morgan fingerprint density at radius 3 is 2.39 bits per heavy atom. The summed E-state index contributed by atoms with van der Waals surface area (Å²) in [4.78, 5) is 23.5. The lowest BCUT2D eigenvalue weighted by Crippen LogP contribution is -2.13. The van der Waals surface area contributed by atoms with Crippen molar-refractivity contribution in [1.29, 1.82) is 5.26 Å². The molecular weight excluding hydrogens is 392 g/mol. The maximum Gasteiger partial charge on any atom is 0.335 e. The highest BCUT2D eigenvalue weighted by molar-refractivity contribution is 6.10. The second-order valence-corrected chi connectivity index (χ2v) is 6.77. The number of nitriles is 1. The molecule has 0 aliphatic heterocycles. The van der Waals surface area contributed by atoms with Crippen molar-refractivity contribution in [2.45, 2.75) is 0 Å². The quantitative estimate of drug-likeness (QED) is 0.342. The van der Waals surface area contributed by atoms with Gasteiger partial charge in [-0.05, 0) is 47.2 Å². The van der Waals surface area contributed by atoms with E-state index in [2.05, 4.69) is 5.32 Å². The Hall–Kier alpha value is -4.63. The molecule has 0 fully saturated rings. The van der Waals surface area contributed by atoms with Gasteiger partial charge in [0.05, 0.1) is 5.56 Å². The summed E-state index contributed by atoms with van der Waals surface area (Å²) in [7, 11) is 0. The minimum atomic E-state index is -1.01. The molecule has 150 valence electrons. The van der Waals surface area contributed by atoms with Crippen LogP contribution in [0.2, 0.25) is 0 Å². The molecule has 1 heterocycles. The average Bonchev–Trinajstić information content (AvgIpc) is 3.26. The van der Waals surface area contributed by atoms with Gasteiger partial charge in [0.15, 0.2) is 0 Å². The summed E-state index contributed by atoms with van der Waals surface area (Å²) in [5.74, 6) is -0.717. The van der Waals surface area contributed by atoms with Crippen LogP contribution in [0.4, 0.5) is 5.69 Å². The lowest BCUT2D eigenvalue weighted by molar-refractivity contribution is -0.112. The van der Waals surface area contributed by atoms with Crippen LogP contribution in [-0.2, 0) is 4.79 Å². The van der Waals surface area contributed by atoms with Crippen molar-refractivity contribution in [3.8, 4) is 17.4 Å². The van der Waals surface area contributed by atoms with Crippen molar-refractivity contribution in [3.05, 3.63) is 95.8 Å². The molecule has 0 saturated carbocycles. The number of rotatable bonds is 5. The molecule has 0 aliphatic carbocycles. The molecule has 4 aromatic rings. The largest absolute Gasteiger partial charge is 0.478 e. The molecule has 2 N–H and O–H groups in total. The van der Waals surface area contributed by atoms with E-state index in [4.69, 9.17) is 9.52 Å². The van der Waals surface area contributed by atoms with Crippen molar-refractivity contribution in [2.75, 3.05) is 5.32 Å². The first-order chi connectivity index (χ1) is 15.0.